The number of nitrogens with zero attached hydrogens (tertiary/aromatic N) is 2. The second-order valence-corrected chi connectivity index (χ2v) is 20.2. The molecule has 290 valence electrons. The lowest BCUT2D eigenvalue weighted by molar-refractivity contribution is 0.0479. The van der Waals surface area contributed by atoms with E-state index < -0.39 is 37.3 Å². The van der Waals surface area contributed by atoms with Crippen molar-refractivity contribution in [2.75, 3.05) is 50.8 Å². The summed E-state index contributed by atoms with van der Waals surface area (Å²) in [6.45, 7) is 22.5. The number of piperidine rings is 3. The molecule has 0 bridgehead atoms. The number of carbonyl (C=O) groups excluding carboxylic acids is 2. The Morgan fingerprint density at radius 1 is 0.735 bits per heavy atom. The van der Waals surface area contributed by atoms with E-state index in [1.807, 2.05) is 48.5 Å². The number of sulfonamides is 2. The van der Waals surface area contributed by atoms with Gasteiger partial charge < -0.3 is 31.2 Å². The summed E-state index contributed by atoms with van der Waals surface area (Å²) in [6, 6.07) is 0.0554. The van der Waals surface area contributed by atoms with Crippen molar-refractivity contribution < 1.29 is 35.9 Å². The summed E-state index contributed by atoms with van der Waals surface area (Å²) in [4.78, 5) is 23.1. The zero-order valence-electron chi connectivity index (χ0n) is 31.8. The number of hydrogen-bond donors (Lipinski definition) is 4. The van der Waals surface area contributed by atoms with Crippen molar-refractivity contribution in [2.24, 2.45) is 17.6 Å². The smallest absolute Gasteiger partial charge is 0.407 e. The van der Waals surface area contributed by atoms with Crippen molar-refractivity contribution >= 4 is 32.2 Å². The lowest BCUT2D eigenvalue weighted by Gasteiger charge is -2.33. The SMILES string of the molecule is CC(C)(C)OC(=O)N[C@H]1CCCNC1.CC(C)CS(=O)(=O)N1CCC[C@H](N)C1.CC(C)CS(=O)(=O)N1CCC[C@H](NC(=O)OC(C)(C)C)C1. The quantitative estimate of drug-likeness (QED) is 0.286. The Morgan fingerprint density at radius 3 is 1.57 bits per heavy atom. The third-order valence-electron chi connectivity index (χ3n) is 7.42. The zero-order chi connectivity index (χ0) is 37.6. The number of nitrogens with one attached hydrogen (secondary N) is 3. The molecular weight excluding hydrogens is 673 g/mol. The maximum absolute atomic E-state index is 12.2. The molecule has 3 fully saturated rings. The Hall–Kier alpha value is -1.72. The van der Waals surface area contributed by atoms with Crippen LogP contribution in [0.3, 0.4) is 0 Å². The summed E-state index contributed by atoms with van der Waals surface area (Å²) >= 11 is 0. The minimum atomic E-state index is -3.25. The van der Waals surface area contributed by atoms with E-state index in [0.29, 0.717) is 26.2 Å². The van der Waals surface area contributed by atoms with Gasteiger partial charge in [-0.05, 0) is 98.4 Å². The van der Waals surface area contributed by atoms with E-state index in [1.54, 1.807) is 25.1 Å². The first kappa shape index (κ1) is 45.3. The Labute approximate surface area is 297 Å². The lowest BCUT2D eigenvalue weighted by Crippen LogP contribution is -2.51. The Morgan fingerprint density at radius 2 is 1.16 bits per heavy atom. The van der Waals surface area contributed by atoms with Gasteiger partial charge >= 0.3 is 12.2 Å². The van der Waals surface area contributed by atoms with Gasteiger partial charge in [-0.3, -0.25) is 0 Å². The fourth-order valence-corrected chi connectivity index (χ4v) is 9.26. The summed E-state index contributed by atoms with van der Waals surface area (Å²) in [5, 5.41) is 8.85. The molecule has 49 heavy (non-hydrogen) atoms. The molecule has 2 amide bonds. The average Bonchev–Trinajstić information content (AvgIpc) is 2.91. The van der Waals surface area contributed by atoms with Gasteiger partial charge in [0.25, 0.3) is 0 Å². The van der Waals surface area contributed by atoms with E-state index in [0.717, 1.165) is 51.6 Å². The van der Waals surface area contributed by atoms with Crippen LogP contribution >= 0.6 is 0 Å². The van der Waals surface area contributed by atoms with Gasteiger partial charge in [0, 0.05) is 50.8 Å². The third-order valence-corrected chi connectivity index (χ3v) is 11.8. The minimum Gasteiger partial charge on any atom is -0.444 e. The Kier molecular flexibility index (Phi) is 18.8. The topological polar surface area (TPSA) is 189 Å². The van der Waals surface area contributed by atoms with Gasteiger partial charge in [-0.1, -0.05) is 27.7 Å². The molecule has 0 aliphatic carbocycles. The molecule has 0 unspecified atom stereocenters. The molecule has 0 radical (unpaired) electrons. The third kappa shape index (κ3) is 20.7. The molecule has 14 nitrogen and oxygen atoms in total. The van der Waals surface area contributed by atoms with E-state index in [9.17, 15) is 26.4 Å². The summed E-state index contributed by atoms with van der Waals surface area (Å²) < 4.78 is 61.5. The number of hydrogen-bond acceptors (Lipinski definition) is 10. The highest BCUT2D eigenvalue weighted by molar-refractivity contribution is 7.89. The monoisotopic (exact) mass is 740 g/mol. The zero-order valence-corrected chi connectivity index (χ0v) is 33.5. The highest BCUT2D eigenvalue weighted by Gasteiger charge is 2.31. The maximum Gasteiger partial charge on any atom is 0.407 e. The van der Waals surface area contributed by atoms with E-state index in [1.165, 1.54) is 4.31 Å². The molecule has 16 heteroatoms. The molecule has 3 rings (SSSR count). The van der Waals surface area contributed by atoms with Crippen molar-refractivity contribution in [2.45, 2.75) is 137 Å². The molecule has 3 aliphatic heterocycles. The average molecular weight is 741 g/mol. The molecule has 3 heterocycles. The van der Waals surface area contributed by atoms with Crippen LogP contribution in [0.5, 0.6) is 0 Å². The lowest BCUT2D eigenvalue weighted by atomic mass is 10.1. The van der Waals surface area contributed by atoms with Crippen molar-refractivity contribution in [3.8, 4) is 0 Å². The van der Waals surface area contributed by atoms with Gasteiger partial charge in [-0.25, -0.2) is 30.7 Å². The minimum absolute atomic E-state index is 0.0192. The van der Waals surface area contributed by atoms with Crippen LogP contribution in [0, 0.1) is 11.8 Å². The number of amides is 2. The molecule has 3 aliphatic rings. The van der Waals surface area contributed by atoms with Crippen LogP contribution in [0.4, 0.5) is 9.59 Å². The Balaban J connectivity index is 0.000000380. The number of alkyl carbamates (subject to hydrolysis) is 2. The van der Waals surface area contributed by atoms with E-state index in [4.69, 9.17) is 15.2 Å². The summed E-state index contributed by atoms with van der Waals surface area (Å²) in [7, 11) is -6.31. The molecular formula is C33H68N6O8S2. The highest BCUT2D eigenvalue weighted by atomic mass is 32.2. The van der Waals surface area contributed by atoms with Crippen molar-refractivity contribution in [1.82, 2.24) is 24.6 Å². The molecule has 0 saturated carbocycles. The van der Waals surface area contributed by atoms with Crippen LogP contribution < -0.4 is 21.7 Å². The van der Waals surface area contributed by atoms with E-state index >= 15 is 0 Å². The van der Waals surface area contributed by atoms with Gasteiger partial charge in [0.15, 0.2) is 0 Å². The number of carbonyl (C=O) groups is 2. The molecule has 0 aromatic rings. The molecule has 3 atom stereocenters. The van der Waals surface area contributed by atoms with Gasteiger partial charge in [-0.2, -0.15) is 4.31 Å². The van der Waals surface area contributed by atoms with Gasteiger partial charge in [-0.15, -0.1) is 0 Å². The fourth-order valence-electron chi connectivity index (χ4n) is 5.52. The van der Waals surface area contributed by atoms with Crippen LogP contribution in [-0.2, 0) is 29.5 Å². The van der Waals surface area contributed by atoms with Crippen LogP contribution in [0.1, 0.15) is 108 Å². The molecule has 5 N–H and O–H groups in total. The van der Waals surface area contributed by atoms with Crippen molar-refractivity contribution in [3.63, 3.8) is 0 Å². The summed E-state index contributed by atoms with van der Waals surface area (Å²) in [5.41, 5.74) is 4.78. The second-order valence-electron chi connectivity index (χ2n) is 16.1. The summed E-state index contributed by atoms with van der Waals surface area (Å²) in [5.74, 6) is 0.652. The van der Waals surface area contributed by atoms with Crippen molar-refractivity contribution in [3.05, 3.63) is 0 Å². The van der Waals surface area contributed by atoms with Gasteiger partial charge in [0.05, 0.1) is 11.5 Å². The van der Waals surface area contributed by atoms with E-state index in [2.05, 4.69) is 16.0 Å². The summed E-state index contributed by atoms with van der Waals surface area (Å²) in [6.07, 6.45) is 4.69. The van der Waals surface area contributed by atoms with Gasteiger partial charge in [0.1, 0.15) is 11.2 Å². The fraction of sp³-hybridized carbons (Fsp3) is 0.939. The second kappa shape index (κ2) is 20.4. The normalized spacial score (nSPS) is 23.0. The van der Waals surface area contributed by atoms with Crippen molar-refractivity contribution in [1.29, 1.82) is 0 Å². The largest absolute Gasteiger partial charge is 0.444 e. The molecule has 3 saturated heterocycles. The first-order valence-electron chi connectivity index (χ1n) is 17.8. The highest BCUT2D eigenvalue weighted by Crippen LogP contribution is 2.18. The number of nitrogens with two attached hydrogens (primary N) is 1. The standard InChI is InChI=1S/C14H28N2O4S.C10H20N2O2.C9H20N2O2S/c1-11(2)10-21(18,19)16-8-6-7-12(9-16)15-13(17)20-14(3,4)5;1-10(2,3)14-9(13)12-8-5-4-6-11-7-8;1-8(2)7-14(12,13)11-5-3-4-9(10)6-11/h11-12H,6-10H2,1-5H3,(H,15,17);8,11H,4-7H2,1-3H3,(H,12,13);8-9H,3-7,10H2,1-2H3/t12-;8-;9-/m000/s1. The van der Waals surface area contributed by atoms with E-state index in [-0.39, 0.29) is 47.6 Å². The molecule has 0 aromatic heterocycles. The number of rotatable bonds is 8. The van der Waals surface area contributed by atoms with Crippen LogP contribution in [-0.4, -0.2) is 118 Å². The Bertz CT molecular complexity index is 1210. The molecule has 0 aromatic carbocycles. The van der Waals surface area contributed by atoms with Crippen LogP contribution in [0.25, 0.3) is 0 Å². The number of ether oxygens (including phenoxy) is 2. The van der Waals surface area contributed by atoms with Crippen LogP contribution in [0.15, 0.2) is 0 Å². The first-order valence-corrected chi connectivity index (χ1v) is 21.0. The maximum atomic E-state index is 12.2. The van der Waals surface area contributed by atoms with Gasteiger partial charge in [0.2, 0.25) is 20.0 Å². The van der Waals surface area contributed by atoms with Crippen LogP contribution in [0.2, 0.25) is 0 Å². The predicted octanol–water partition coefficient (Wildman–Crippen LogP) is 3.62. The predicted molar refractivity (Wildman–Crippen MR) is 195 cm³/mol. The first-order chi connectivity index (χ1) is 22.4. The molecule has 0 spiro atoms.